The van der Waals surface area contributed by atoms with Crippen LogP contribution in [0.15, 0.2) is 42.6 Å². The number of hydrogen-bond acceptors (Lipinski definition) is 4. The van der Waals surface area contributed by atoms with Crippen molar-refractivity contribution in [2.75, 3.05) is 18.4 Å². The van der Waals surface area contributed by atoms with Crippen molar-refractivity contribution in [2.45, 2.75) is 18.9 Å². The van der Waals surface area contributed by atoms with Crippen LogP contribution in [-0.2, 0) is 4.79 Å². The van der Waals surface area contributed by atoms with Crippen molar-refractivity contribution < 1.29 is 14.7 Å². The molecule has 3 rings (SSSR count). The van der Waals surface area contributed by atoms with Gasteiger partial charge in [0.2, 0.25) is 0 Å². The van der Waals surface area contributed by atoms with Crippen LogP contribution < -0.4 is 5.32 Å². The Balaban J connectivity index is 1.57. The quantitative estimate of drug-likeness (QED) is 0.709. The third-order valence-electron chi connectivity index (χ3n) is 4.48. The predicted molar refractivity (Wildman–Crippen MR) is 110 cm³/mol. The highest BCUT2D eigenvalue weighted by Gasteiger charge is 2.24. The Morgan fingerprint density at radius 2 is 1.96 bits per heavy atom. The number of carboxylic acid groups (broad SMARTS) is 1. The van der Waals surface area contributed by atoms with Gasteiger partial charge in [-0.2, -0.15) is 0 Å². The van der Waals surface area contributed by atoms with E-state index in [1.54, 1.807) is 36.5 Å². The minimum atomic E-state index is -1.03. The molecule has 1 aromatic heterocycles. The lowest BCUT2D eigenvalue weighted by atomic mass is 10.0. The molecule has 0 unspecified atom stereocenters. The van der Waals surface area contributed by atoms with Gasteiger partial charge >= 0.3 is 5.97 Å². The molecule has 0 aliphatic carbocycles. The second-order valence-electron chi connectivity index (χ2n) is 6.49. The molecule has 1 aliphatic heterocycles. The number of hydrogen-bond donors (Lipinski definition) is 2. The maximum atomic E-state index is 12.6. The summed E-state index contributed by atoms with van der Waals surface area (Å²) in [7, 11) is 0. The van der Waals surface area contributed by atoms with Crippen LogP contribution in [0.4, 0.5) is 5.82 Å². The zero-order valence-corrected chi connectivity index (χ0v) is 16.5. The molecule has 2 heterocycles. The summed E-state index contributed by atoms with van der Waals surface area (Å²) in [4.78, 5) is 29.3. The number of nitrogens with one attached hydrogen (secondary N) is 1. The Labute approximate surface area is 172 Å². The van der Waals surface area contributed by atoms with E-state index in [2.05, 4.69) is 10.3 Å². The van der Waals surface area contributed by atoms with E-state index in [1.807, 2.05) is 4.90 Å². The zero-order chi connectivity index (χ0) is 20.1. The fourth-order valence-electron chi connectivity index (χ4n) is 3.04. The molecule has 2 N–H and O–H groups in total. The van der Waals surface area contributed by atoms with E-state index in [9.17, 15) is 9.59 Å². The third-order valence-corrected chi connectivity index (χ3v) is 5.00. The topological polar surface area (TPSA) is 82.5 Å². The summed E-state index contributed by atoms with van der Waals surface area (Å²) in [6.07, 6.45) is 5.57. The van der Waals surface area contributed by atoms with Crippen LogP contribution in [-0.4, -0.2) is 46.0 Å². The second-order valence-corrected chi connectivity index (χ2v) is 7.34. The van der Waals surface area contributed by atoms with E-state index in [0.717, 1.165) is 18.9 Å². The molecular weight excluding hydrogens is 401 g/mol. The predicted octanol–water partition coefficient (Wildman–Crippen LogP) is 4.20. The summed E-state index contributed by atoms with van der Waals surface area (Å²) < 4.78 is 0. The SMILES string of the molecule is O=C(O)/C=C/c1cnc(NC2CCN(C(=O)c3cccc(Cl)c3)CC2)c(Cl)c1. The van der Waals surface area contributed by atoms with Gasteiger partial charge < -0.3 is 15.3 Å². The van der Waals surface area contributed by atoms with Crippen LogP contribution in [0, 0.1) is 0 Å². The number of aromatic nitrogens is 1. The average Bonchev–Trinajstić information content (AvgIpc) is 2.68. The molecule has 8 heteroatoms. The summed E-state index contributed by atoms with van der Waals surface area (Å²) >= 11 is 12.2. The number of carbonyl (C=O) groups is 2. The number of anilines is 1. The fraction of sp³-hybridized carbons (Fsp3) is 0.250. The zero-order valence-electron chi connectivity index (χ0n) is 14.9. The Morgan fingerprint density at radius 1 is 1.21 bits per heavy atom. The molecule has 0 spiro atoms. The lowest BCUT2D eigenvalue weighted by molar-refractivity contribution is -0.131. The summed E-state index contributed by atoms with van der Waals surface area (Å²) in [6, 6.07) is 8.77. The molecule has 1 aromatic carbocycles. The maximum absolute atomic E-state index is 12.6. The van der Waals surface area contributed by atoms with Gasteiger partial charge in [-0.05, 0) is 48.7 Å². The first-order valence-corrected chi connectivity index (χ1v) is 9.56. The van der Waals surface area contributed by atoms with E-state index in [4.69, 9.17) is 28.3 Å². The van der Waals surface area contributed by atoms with Gasteiger partial charge in [0.25, 0.3) is 5.91 Å². The Hall–Kier alpha value is -2.57. The van der Waals surface area contributed by atoms with E-state index >= 15 is 0 Å². The third kappa shape index (κ3) is 5.24. The Morgan fingerprint density at radius 3 is 2.61 bits per heavy atom. The van der Waals surface area contributed by atoms with Crippen LogP contribution in [0.1, 0.15) is 28.8 Å². The summed E-state index contributed by atoms with van der Waals surface area (Å²) in [6.45, 7) is 1.25. The first-order chi connectivity index (χ1) is 13.4. The standard InChI is InChI=1S/C20H19Cl2N3O3/c21-15-3-1-2-14(11-15)20(28)25-8-6-16(7-9-25)24-19-17(22)10-13(12-23-19)4-5-18(26)27/h1-5,10-12,16H,6-9H2,(H,23,24)(H,26,27)/b5-4+. The van der Waals surface area contributed by atoms with Gasteiger partial charge in [-0.15, -0.1) is 0 Å². The molecule has 0 saturated carbocycles. The Kier molecular flexibility index (Phi) is 6.54. The molecule has 0 bridgehead atoms. The summed E-state index contributed by atoms with van der Waals surface area (Å²) in [5, 5.41) is 12.9. The van der Waals surface area contributed by atoms with Crippen LogP contribution in [0.3, 0.4) is 0 Å². The van der Waals surface area contributed by atoms with E-state index in [0.29, 0.717) is 40.1 Å². The van der Waals surface area contributed by atoms with Crippen molar-refractivity contribution in [2.24, 2.45) is 0 Å². The molecule has 2 aromatic rings. The monoisotopic (exact) mass is 419 g/mol. The highest BCUT2D eigenvalue weighted by molar-refractivity contribution is 6.33. The number of rotatable bonds is 5. The average molecular weight is 420 g/mol. The molecule has 1 fully saturated rings. The molecule has 28 heavy (non-hydrogen) atoms. The van der Waals surface area contributed by atoms with Gasteiger partial charge in [0.1, 0.15) is 5.82 Å². The molecule has 0 atom stereocenters. The number of aliphatic carboxylic acids is 1. The number of nitrogens with zero attached hydrogens (tertiary/aromatic N) is 2. The van der Waals surface area contributed by atoms with Gasteiger partial charge in [-0.3, -0.25) is 4.79 Å². The number of piperidine rings is 1. The van der Waals surface area contributed by atoms with Gasteiger partial charge in [-0.1, -0.05) is 29.3 Å². The normalized spacial score (nSPS) is 15.0. The van der Waals surface area contributed by atoms with Crippen molar-refractivity contribution in [3.63, 3.8) is 0 Å². The second kappa shape index (κ2) is 9.08. The highest BCUT2D eigenvalue weighted by atomic mass is 35.5. The minimum absolute atomic E-state index is 0.0216. The number of benzene rings is 1. The van der Waals surface area contributed by atoms with E-state index in [-0.39, 0.29) is 11.9 Å². The minimum Gasteiger partial charge on any atom is -0.478 e. The van der Waals surface area contributed by atoms with Gasteiger partial charge in [0.15, 0.2) is 0 Å². The molecule has 146 valence electrons. The van der Waals surface area contributed by atoms with Gasteiger partial charge in [0, 0.05) is 42.0 Å². The van der Waals surface area contributed by atoms with Gasteiger partial charge in [-0.25, -0.2) is 9.78 Å². The van der Waals surface area contributed by atoms with Crippen LogP contribution in [0.5, 0.6) is 0 Å². The fourth-order valence-corrected chi connectivity index (χ4v) is 3.46. The van der Waals surface area contributed by atoms with Crippen LogP contribution >= 0.6 is 23.2 Å². The molecule has 0 radical (unpaired) electrons. The van der Waals surface area contributed by atoms with Crippen LogP contribution in [0.25, 0.3) is 6.08 Å². The smallest absolute Gasteiger partial charge is 0.328 e. The summed E-state index contributed by atoms with van der Waals surface area (Å²) in [5.41, 5.74) is 1.20. The van der Waals surface area contributed by atoms with Gasteiger partial charge in [0.05, 0.1) is 5.02 Å². The molecule has 1 saturated heterocycles. The number of halogens is 2. The lowest BCUT2D eigenvalue weighted by Gasteiger charge is -2.33. The first kappa shape index (κ1) is 20.2. The molecular formula is C20H19Cl2N3O3. The van der Waals surface area contributed by atoms with Crippen LogP contribution in [0.2, 0.25) is 10.0 Å². The lowest BCUT2D eigenvalue weighted by Crippen LogP contribution is -2.42. The van der Waals surface area contributed by atoms with E-state index < -0.39 is 5.97 Å². The molecule has 1 amide bonds. The van der Waals surface area contributed by atoms with Crippen molar-refractivity contribution in [3.8, 4) is 0 Å². The number of amides is 1. The number of pyridine rings is 1. The van der Waals surface area contributed by atoms with Crippen molar-refractivity contribution in [3.05, 3.63) is 63.8 Å². The largest absolute Gasteiger partial charge is 0.478 e. The molecule has 1 aliphatic rings. The van der Waals surface area contributed by atoms with Crippen molar-refractivity contribution in [1.29, 1.82) is 0 Å². The highest BCUT2D eigenvalue weighted by Crippen LogP contribution is 2.24. The first-order valence-electron chi connectivity index (χ1n) is 8.80. The molecule has 6 nitrogen and oxygen atoms in total. The van der Waals surface area contributed by atoms with Crippen molar-refractivity contribution in [1.82, 2.24) is 9.88 Å². The van der Waals surface area contributed by atoms with Crippen molar-refractivity contribution >= 4 is 47.0 Å². The maximum Gasteiger partial charge on any atom is 0.328 e. The summed E-state index contributed by atoms with van der Waals surface area (Å²) in [5.74, 6) is -0.502. The number of likely N-dealkylation sites (tertiary alicyclic amines) is 1. The Bertz CT molecular complexity index is 909. The number of carboxylic acids is 1. The number of carbonyl (C=O) groups excluding carboxylic acids is 1. The van der Waals surface area contributed by atoms with E-state index in [1.165, 1.54) is 6.08 Å².